The van der Waals surface area contributed by atoms with Crippen LogP contribution in [0.1, 0.15) is 56.0 Å². The zero-order valence-electron chi connectivity index (χ0n) is 18.7. The number of anilines is 4. The maximum atomic E-state index is 13.1. The third-order valence-corrected chi connectivity index (χ3v) is 6.57. The molecular formula is C23H27FN8S. The van der Waals surface area contributed by atoms with Crippen LogP contribution in [0.2, 0.25) is 0 Å². The van der Waals surface area contributed by atoms with Crippen molar-refractivity contribution < 1.29 is 4.39 Å². The van der Waals surface area contributed by atoms with E-state index < -0.39 is 5.95 Å². The first-order valence-electron chi connectivity index (χ1n) is 11.4. The predicted molar refractivity (Wildman–Crippen MR) is 131 cm³/mol. The topological polar surface area (TPSA) is 94.7 Å². The molecule has 5 rings (SSSR count). The zero-order chi connectivity index (χ0) is 22.9. The molecule has 0 aromatic carbocycles. The molecule has 0 bridgehead atoms. The van der Waals surface area contributed by atoms with Crippen molar-refractivity contribution in [3.05, 3.63) is 47.3 Å². The van der Waals surface area contributed by atoms with Crippen molar-refractivity contribution in [1.29, 1.82) is 0 Å². The highest BCUT2D eigenvalue weighted by Crippen LogP contribution is 2.33. The number of aryl methyl sites for hydroxylation is 1. The van der Waals surface area contributed by atoms with Crippen LogP contribution in [0.3, 0.4) is 0 Å². The molecule has 33 heavy (non-hydrogen) atoms. The van der Waals surface area contributed by atoms with E-state index in [9.17, 15) is 4.39 Å². The molecule has 0 unspecified atom stereocenters. The van der Waals surface area contributed by atoms with E-state index in [1.54, 1.807) is 6.07 Å². The molecule has 3 N–H and O–H groups in total. The first-order valence-corrected chi connectivity index (χ1v) is 11.8. The number of pyridine rings is 1. The minimum Gasteiger partial charge on any atom is -0.347 e. The molecule has 0 amide bonds. The molecule has 2 aliphatic rings. The molecule has 0 saturated carbocycles. The number of halogens is 1. The number of fused-ring (bicyclic) bond motifs is 1. The van der Waals surface area contributed by atoms with Crippen molar-refractivity contribution in [2.24, 2.45) is 0 Å². The Balaban J connectivity index is 1.40. The van der Waals surface area contributed by atoms with Gasteiger partial charge in [0, 0.05) is 23.9 Å². The minimum absolute atomic E-state index is 0.0321. The van der Waals surface area contributed by atoms with Gasteiger partial charge in [-0.15, -0.1) is 0 Å². The molecule has 10 heteroatoms. The van der Waals surface area contributed by atoms with Crippen molar-refractivity contribution in [2.45, 2.75) is 57.9 Å². The Hall–Kier alpha value is -3.14. The average molecular weight is 467 g/mol. The molecule has 1 aliphatic heterocycles. The number of nitrogens with one attached hydrogen (secondary N) is 3. The molecule has 172 valence electrons. The zero-order valence-corrected chi connectivity index (χ0v) is 19.5. The van der Waals surface area contributed by atoms with Gasteiger partial charge in [-0.1, -0.05) is 26.1 Å². The van der Waals surface area contributed by atoms with E-state index in [1.807, 2.05) is 6.07 Å². The Labute approximate surface area is 197 Å². The molecule has 1 saturated heterocycles. The average Bonchev–Trinajstić information content (AvgIpc) is 3.55. The lowest BCUT2D eigenvalue weighted by molar-refractivity contribution is 0.584. The number of aromatic amines is 1. The summed E-state index contributed by atoms with van der Waals surface area (Å²) in [6.45, 7) is 5.08. The van der Waals surface area contributed by atoms with Gasteiger partial charge in [-0.3, -0.25) is 5.10 Å². The number of nitrogens with zero attached hydrogens (tertiary/aromatic N) is 5. The van der Waals surface area contributed by atoms with Crippen molar-refractivity contribution in [2.75, 3.05) is 22.1 Å². The molecule has 1 aliphatic carbocycles. The molecule has 0 spiro atoms. The normalized spacial score (nSPS) is 17.5. The highest BCUT2D eigenvalue weighted by atomic mass is 32.1. The smallest absolute Gasteiger partial charge is 0.228 e. The molecule has 0 radical (unpaired) electrons. The Morgan fingerprint density at radius 3 is 2.88 bits per heavy atom. The third-order valence-electron chi connectivity index (χ3n) is 6.19. The van der Waals surface area contributed by atoms with Crippen molar-refractivity contribution in [3.8, 4) is 0 Å². The first-order chi connectivity index (χ1) is 16.0. The summed E-state index contributed by atoms with van der Waals surface area (Å²) in [5.74, 6) is 2.12. The van der Waals surface area contributed by atoms with Crippen molar-refractivity contribution in [3.63, 3.8) is 0 Å². The van der Waals surface area contributed by atoms with Gasteiger partial charge >= 0.3 is 0 Å². The quantitative estimate of drug-likeness (QED) is 0.361. The number of rotatable bonds is 6. The first kappa shape index (κ1) is 21.7. The third kappa shape index (κ3) is 4.52. The summed E-state index contributed by atoms with van der Waals surface area (Å²) < 4.78 is 13.1. The van der Waals surface area contributed by atoms with E-state index in [0.717, 1.165) is 61.7 Å². The van der Waals surface area contributed by atoms with Crippen LogP contribution in [0.25, 0.3) is 0 Å². The summed E-state index contributed by atoms with van der Waals surface area (Å²) in [5.41, 5.74) is 4.01. The molecule has 1 fully saturated rings. The summed E-state index contributed by atoms with van der Waals surface area (Å²) in [7, 11) is 0. The van der Waals surface area contributed by atoms with E-state index in [2.05, 4.69) is 44.6 Å². The summed E-state index contributed by atoms with van der Waals surface area (Å²) in [4.78, 5) is 16.4. The van der Waals surface area contributed by atoms with Gasteiger partial charge in [0.2, 0.25) is 11.9 Å². The number of H-pyrrole nitrogens is 1. The van der Waals surface area contributed by atoms with Crippen LogP contribution in [0, 0.1) is 5.95 Å². The van der Waals surface area contributed by atoms with E-state index >= 15 is 0 Å². The Morgan fingerprint density at radius 2 is 2.12 bits per heavy atom. The lowest BCUT2D eigenvalue weighted by atomic mass is 10.1. The van der Waals surface area contributed by atoms with Gasteiger partial charge in [-0.2, -0.15) is 14.5 Å². The number of hydrogen-bond acceptors (Lipinski definition) is 7. The Morgan fingerprint density at radius 1 is 1.24 bits per heavy atom. The molecule has 3 aromatic heterocycles. The van der Waals surface area contributed by atoms with Gasteiger partial charge in [0.1, 0.15) is 10.8 Å². The van der Waals surface area contributed by atoms with Gasteiger partial charge < -0.3 is 15.5 Å². The Bertz CT molecular complexity index is 1160. The van der Waals surface area contributed by atoms with Crippen molar-refractivity contribution >= 4 is 40.5 Å². The van der Waals surface area contributed by atoms with E-state index in [1.165, 1.54) is 17.8 Å². The largest absolute Gasteiger partial charge is 0.347 e. The molecule has 4 heterocycles. The van der Waals surface area contributed by atoms with Gasteiger partial charge in [-0.05, 0) is 50.2 Å². The highest BCUT2D eigenvalue weighted by molar-refractivity contribution is 7.80. The minimum atomic E-state index is -0.516. The Kier molecular flexibility index (Phi) is 5.92. The van der Waals surface area contributed by atoms with Crippen LogP contribution in [0.4, 0.5) is 27.7 Å². The van der Waals surface area contributed by atoms with Crippen LogP contribution in [0.15, 0.2) is 24.4 Å². The second kappa shape index (κ2) is 9.01. The molecule has 8 nitrogen and oxygen atoms in total. The monoisotopic (exact) mass is 466 g/mol. The van der Waals surface area contributed by atoms with Crippen LogP contribution in [-0.2, 0) is 12.8 Å². The second-order valence-corrected chi connectivity index (χ2v) is 9.29. The summed E-state index contributed by atoms with van der Waals surface area (Å²) in [6, 6.07) is 4.95. The van der Waals surface area contributed by atoms with E-state index in [4.69, 9.17) is 22.2 Å². The fourth-order valence-corrected chi connectivity index (χ4v) is 4.79. The number of aromatic nitrogens is 5. The summed E-state index contributed by atoms with van der Waals surface area (Å²) in [6.07, 6.45) is 6.32. The fraction of sp³-hybridized carbons (Fsp3) is 0.435. The van der Waals surface area contributed by atoms with Crippen LogP contribution in [0.5, 0.6) is 0 Å². The lowest BCUT2D eigenvalue weighted by Gasteiger charge is -2.27. The maximum absolute atomic E-state index is 13.1. The number of thiocarbonyl (C=S) groups is 1. The molecular weight excluding hydrogens is 439 g/mol. The van der Waals surface area contributed by atoms with Crippen LogP contribution >= 0.6 is 12.2 Å². The number of hydrogen-bond donors (Lipinski definition) is 3. The molecule has 1 atom stereocenters. The van der Waals surface area contributed by atoms with Gasteiger partial charge in [0.25, 0.3) is 0 Å². The van der Waals surface area contributed by atoms with Gasteiger partial charge in [0.15, 0.2) is 5.82 Å². The maximum Gasteiger partial charge on any atom is 0.228 e. The summed E-state index contributed by atoms with van der Waals surface area (Å²) in [5, 5.41) is 14.1. The van der Waals surface area contributed by atoms with Gasteiger partial charge in [-0.25, -0.2) is 9.97 Å². The van der Waals surface area contributed by atoms with Crippen LogP contribution < -0.4 is 15.5 Å². The lowest BCUT2D eigenvalue weighted by Crippen LogP contribution is -2.39. The van der Waals surface area contributed by atoms with Gasteiger partial charge in [0.05, 0.1) is 23.6 Å². The predicted octanol–water partition coefficient (Wildman–Crippen LogP) is 4.50. The van der Waals surface area contributed by atoms with E-state index in [0.29, 0.717) is 22.5 Å². The second-order valence-electron chi connectivity index (χ2n) is 8.85. The molecule has 3 aromatic rings. The van der Waals surface area contributed by atoms with E-state index in [-0.39, 0.29) is 6.04 Å². The van der Waals surface area contributed by atoms with Crippen LogP contribution in [-0.4, -0.2) is 42.7 Å². The summed E-state index contributed by atoms with van der Waals surface area (Å²) >= 11 is 5.71. The fourth-order valence-electron chi connectivity index (χ4n) is 4.42. The van der Waals surface area contributed by atoms with Crippen molar-refractivity contribution in [1.82, 2.24) is 25.1 Å². The SMILES string of the molecule is CC(C)c1cc(Nc2nc(N3CCC[C@@H]3C(=S)Nc3ccc(F)nc3)nc3c2CCC3)n[nH]1. The standard InChI is InChI=1S/C23H27FN8S/c1-13(2)17-11-20(31-30-17)28-21-15-5-3-6-16(15)27-23(29-21)32-10-4-7-18(32)22(33)26-14-8-9-19(24)25-12-14/h8-9,11-13,18H,3-7,10H2,1-2H3,(H,26,33)(H2,27,28,29,30,31)/t18-/m1/s1. The highest BCUT2D eigenvalue weighted by Gasteiger charge is 2.32.